The number of aromatic nitrogens is 2. The molecule has 1 heterocycles. The molecule has 0 fully saturated rings. The van der Waals surface area contributed by atoms with E-state index in [4.69, 9.17) is 11.6 Å². The lowest BCUT2D eigenvalue weighted by Crippen LogP contribution is -2.12. The molecule has 0 aliphatic carbocycles. The molecule has 4 nitrogen and oxygen atoms in total. The van der Waals surface area contributed by atoms with E-state index in [1.54, 1.807) is 12.1 Å². The zero-order valence-electron chi connectivity index (χ0n) is 12.5. The molecule has 9 heteroatoms. The van der Waals surface area contributed by atoms with Crippen LogP contribution in [0.1, 0.15) is 15.9 Å². The lowest BCUT2D eigenvalue weighted by molar-refractivity contribution is 0.102. The van der Waals surface area contributed by atoms with Crippen molar-refractivity contribution in [3.63, 3.8) is 0 Å². The van der Waals surface area contributed by atoms with Gasteiger partial charge in [0, 0.05) is 5.75 Å². The van der Waals surface area contributed by atoms with Crippen molar-refractivity contribution < 1.29 is 13.6 Å². The Morgan fingerprint density at radius 1 is 1.12 bits per heavy atom. The smallest absolute Gasteiger partial charge is 0.259 e. The lowest BCUT2D eigenvalue weighted by Gasteiger charge is -2.03. The maximum atomic E-state index is 13.0. The van der Waals surface area contributed by atoms with Gasteiger partial charge in [-0.15, -0.1) is 10.2 Å². The van der Waals surface area contributed by atoms with Gasteiger partial charge in [0.2, 0.25) is 5.13 Å². The van der Waals surface area contributed by atoms with Crippen LogP contribution in [0.2, 0.25) is 5.02 Å². The van der Waals surface area contributed by atoms with Gasteiger partial charge in [-0.05, 0) is 35.9 Å². The zero-order valence-corrected chi connectivity index (χ0v) is 14.9. The van der Waals surface area contributed by atoms with Crippen LogP contribution in [0.4, 0.5) is 13.9 Å². The monoisotopic (exact) mass is 397 g/mol. The fourth-order valence-corrected chi connectivity index (χ4v) is 3.84. The van der Waals surface area contributed by atoms with Crippen LogP contribution < -0.4 is 5.32 Å². The van der Waals surface area contributed by atoms with Gasteiger partial charge in [0.05, 0.1) is 10.6 Å². The van der Waals surface area contributed by atoms with E-state index < -0.39 is 11.7 Å². The van der Waals surface area contributed by atoms with Crippen LogP contribution in [0.5, 0.6) is 0 Å². The van der Waals surface area contributed by atoms with Crippen molar-refractivity contribution in [2.75, 3.05) is 5.32 Å². The molecule has 25 heavy (non-hydrogen) atoms. The van der Waals surface area contributed by atoms with Crippen molar-refractivity contribution in [3.05, 3.63) is 70.2 Å². The molecule has 1 aromatic heterocycles. The molecule has 0 radical (unpaired) electrons. The van der Waals surface area contributed by atoms with Crippen LogP contribution in [-0.4, -0.2) is 16.1 Å². The molecule has 1 N–H and O–H groups in total. The zero-order chi connectivity index (χ0) is 17.8. The summed E-state index contributed by atoms with van der Waals surface area (Å²) >= 11 is 8.49. The minimum Gasteiger partial charge on any atom is -0.296 e. The van der Waals surface area contributed by atoms with E-state index in [-0.39, 0.29) is 16.4 Å². The van der Waals surface area contributed by atoms with Crippen LogP contribution in [0.15, 0.2) is 46.8 Å². The first kappa shape index (κ1) is 17.8. The quantitative estimate of drug-likeness (QED) is 0.485. The molecular weight excluding hydrogens is 388 g/mol. The van der Waals surface area contributed by atoms with E-state index in [1.165, 1.54) is 41.3 Å². The SMILES string of the molecule is O=C(Nc1nnc(SCc2ccc(F)cc2)s1)c1ccc(F)cc1Cl. The second-order valence-electron chi connectivity index (χ2n) is 4.87. The Morgan fingerprint density at radius 3 is 2.56 bits per heavy atom. The Kier molecular flexibility index (Phi) is 5.62. The summed E-state index contributed by atoms with van der Waals surface area (Å²) < 4.78 is 26.6. The first-order valence-electron chi connectivity index (χ1n) is 6.98. The van der Waals surface area contributed by atoms with E-state index >= 15 is 0 Å². The fraction of sp³-hybridized carbons (Fsp3) is 0.0625. The van der Waals surface area contributed by atoms with Crippen LogP contribution >= 0.6 is 34.7 Å². The highest BCUT2D eigenvalue weighted by Crippen LogP contribution is 2.29. The molecule has 0 saturated carbocycles. The molecule has 0 atom stereocenters. The van der Waals surface area contributed by atoms with Crippen LogP contribution in [-0.2, 0) is 5.75 Å². The van der Waals surface area contributed by atoms with Crippen molar-refractivity contribution in [2.24, 2.45) is 0 Å². The third kappa shape index (κ3) is 4.75. The number of rotatable bonds is 5. The summed E-state index contributed by atoms with van der Waals surface area (Å²) in [5.74, 6) is -0.686. The van der Waals surface area contributed by atoms with Gasteiger partial charge in [0.1, 0.15) is 11.6 Å². The summed E-state index contributed by atoms with van der Waals surface area (Å²) in [6, 6.07) is 9.72. The summed E-state index contributed by atoms with van der Waals surface area (Å²) in [6.45, 7) is 0. The van der Waals surface area contributed by atoms with E-state index in [0.717, 1.165) is 17.7 Å². The predicted molar refractivity (Wildman–Crippen MR) is 95.2 cm³/mol. The number of nitrogens with zero attached hydrogens (tertiary/aromatic N) is 2. The molecule has 0 saturated heterocycles. The van der Waals surface area contributed by atoms with Gasteiger partial charge in [0.25, 0.3) is 5.91 Å². The molecule has 0 aliphatic rings. The summed E-state index contributed by atoms with van der Waals surface area (Å²) in [7, 11) is 0. The Hall–Kier alpha value is -2.03. The van der Waals surface area contributed by atoms with E-state index in [0.29, 0.717) is 15.2 Å². The average Bonchev–Trinajstić information content (AvgIpc) is 3.01. The molecule has 128 valence electrons. The molecule has 3 rings (SSSR count). The van der Waals surface area contributed by atoms with Gasteiger partial charge < -0.3 is 0 Å². The number of anilines is 1. The number of carbonyl (C=O) groups excluding carboxylic acids is 1. The second-order valence-corrected chi connectivity index (χ2v) is 7.47. The highest BCUT2D eigenvalue weighted by molar-refractivity contribution is 8.00. The maximum absolute atomic E-state index is 13.0. The fourth-order valence-electron chi connectivity index (χ4n) is 1.88. The van der Waals surface area contributed by atoms with Crippen molar-refractivity contribution >= 4 is 45.7 Å². The number of carbonyl (C=O) groups is 1. The molecule has 1 amide bonds. The number of benzene rings is 2. The molecule has 0 spiro atoms. The highest BCUT2D eigenvalue weighted by atomic mass is 35.5. The van der Waals surface area contributed by atoms with Gasteiger partial charge in [-0.25, -0.2) is 8.78 Å². The third-order valence-electron chi connectivity index (χ3n) is 3.08. The molecule has 2 aromatic carbocycles. The maximum Gasteiger partial charge on any atom is 0.259 e. The minimum atomic E-state index is -0.517. The highest BCUT2D eigenvalue weighted by Gasteiger charge is 2.14. The molecular formula is C16H10ClF2N3OS2. The van der Waals surface area contributed by atoms with Gasteiger partial charge in [-0.1, -0.05) is 46.8 Å². The third-order valence-corrected chi connectivity index (χ3v) is 5.43. The second kappa shape index (κ2) is 7.90. The van der Waals surface area contributed by atoms with E-state index in [2.05, 4.69) is 15.5 Å². The molecule has 0 bridgehead atoms. The number of hydrogen-bond donors (Lipinski definition) is 1. The number of halogens is 3. The topological polar surface area (TPSA) is 54.9 Å². The Labute approximate surface area is 155 Å². The predicted octanol–water partition coefficient (Wildman–Crippen LogP) is 5.01. The number of amides is 1. The first-order chi connectivity index (χ1) is 12.0. The Bertz CT molecular complexity index is 903. The van der Waals surface area contributed by atoms with Crippen LogP contribution in [0.3, 0.4) is 0 Å². The largest absolute Gasteiger partial charge is 0.296 e. The Balaban J connectivity index is 1.61. The van der Waals surface area contributed by atoms with E-state index in [9.17, 15) is 13.6 Å². The Morgan fingerprint density at radius 2 is 1.84 bits per heavy atom. The number of hydrogen-bond acceptors (Lipinski definition) is 5. The van der Waals surface area contributed by atoms with Crippen LogP contribution in [0.25, 0.3) is 0 Å². The van der Waals surface area contributed by atoms with Gasteiger partial charge >= 0.3 is 0 Å². The first-order valence-corrected chi connectivity index (χ1v) is 9.16. The van der Waals surface area contributed by atoms with Gasteiger partial charge in [-0.3, -0.25) is 10.1 Å². The lowest BCUT2D eigenvalue weighted by atomic mass is 10.2. The van der Waals surface area contributed by atoms with Gasteiger partial charge in [0.15, 0.2) is 4.34 Å². The summed E-state index contributed by atoms with van der Waals surface area (Å²) in [5, 5.41) is 10.8. The normalized spacial score (nSPS) is 10.7. The van der Waals surface area contributed by atoms with Gasteiger partial charge in [-0.2, -0.15) is 0 Å². The molecule has 0 aliphatic heterocycles. The van der Waals surface area contributed by atoms with Crippen LogP contribution in [0, 0.1) is 11.6 Å². The van der Waals surface area contributed by atoms with Crippen molar-refractivity contribution in [1.29, 1.82) is 0 Å². The molecule has 3 aromatic rings. The van der Waals surface area contributed by atoms with Crippen molar-refractivity contribution in [2.45, 2.75) is 10.1 Å². The average molecular weight is 398 g/mol. The van der Waals surface area contributed by atoms with Crippen molar-refractivity contribution in [1.82, 2.24) is 10.2 Å². The summed E-state index contributed by atoms with van der Waals surface area (Å²) in [5.41, 5.74) is 1.10. The van der Waals surface area contributed by atoms with Crippen molar-refractivity contribution in [3.8, 4) is 0 Å². The summed E-state index contributed by atoms with van der Waals surface area (Å²) in [4.78, 5) is 12.1. The minimum absolute atomic E-state index is 0.0212. The summed E-state index contributed by atoms with van der Waals surface area (Å²) in [6.07, 6.45) is 0. The standard InChI is InChI=1S/C16H10ClF2N3OS2/c17-13-7-11(19)5-6-12(13)14(23)20-15-21-22-16(25-15)24-8-9-1-3-10(18)4-2-9/h1-7H,8H2,(H,20,21,23). The molecule has 0 unspecified atom stereocenters. The number of thioether (sulfide) groups is 1. The van der Waals surface area contributed by atoms with E-state index in [1.807, 2.05) is 0 Å². The number of nitrogens with one attached hydrogen (secondary N) is 1.